The number of hydrogen-bond acceptors (Lipinski definition) is 2. The quantitative estimate of drug-likeness (QED) is 0.577. The van der Waals surface area contributed by atoms with Crippen molar-refractivity contribution in [2.45, 2.75) is 65.2 Å². The van der Waals surface area contributed by atoms with Crippen molar-refractivity contribution in [2.75, 3.05) is 13.2 Å². The molecule has 3 heteroatoms. The number of hydrogen-bond donors (Lipinski definition) is 1. The van der Waals surface area contributed by atoms with Crippen LogP contribution in [0.1, 0.15) is 65.2 Å². The lowest BCUT2D eigenvalue weighted by atomic mass is 10.2. The molecular formula is C13H27NO2. The van der Waals surface area contributed by atoms with Gasteiger partial charge in [0, 0.05) is 6.54 Å². The average Bonchev–Trinajstić information content (AvgIpc) is 2.29. The maximum absolute atomic E-state index is 11.2. The Kier molecular flexibility index (Phi) is 11.8. The van der Waals surface area contributed by atoms with E-state index in [1.54, 1.807) is 0 Å². The number of ether oxygens (including phenoxy) is 1. The van der Waals surface area contributed by atoms with Crippen LogP contribution in [-0.2, 0) is 4.74 Å². The summed E-state index contributed by atoms with van der Waals surface area (Å²) >= 11 is 0. The lowest BCUT2D eigenvalue weighted by Gasteiger charge is -2.06. The van der Waals surface area contributed by atoms with Crippen molar-refractivity contribution in [1.29, 1.82) is 0 Å². The van der Waals surface area contributed by atoms with E-state index in [-0.39, 0.29) is 6.09 Å². The molecule has 0 fully saturated rings. The topological polar surface area (TPSA) is 38.3 Å². The summed E-state index contributed by atoms with van der Waals surface area (Å²) in [4.78, 5) is 11.2. The van der Waals surface area contributed by atoms with Crippen LogP contribution in [0.25, 0.3) is 0 Å². The number of amides is 1. The van der Waals surface area contributed by atoms with Crippen LogP contribution in [0.15, 0.2) is 0 Å². The van der Waals surface area contributed by atoms with Gasteiger partial charge in [-0.15, -0.1) is 0 Å². The maximum atomic E-state index is 11.2. The van der Waals surface area contributed by atoms with Gasteiger partial charge in [-0.05, 0) is 12.8 Å². The molecule has 0 rings (SSSR count). The summed E-state index contributed by atoms with van der Waals surface area (Å²) in [6.07, 6.45) is 9.05. The first kappa shape index (κ1) is 15.3. The van der Waals surface area contributed by atoms with Gasteiger partial charge in [-0.1, -0.05) is 52.4 Å². The average molecular weight is 229 g/mol. The lowest BCUT2D eigenvalue weighted by molar-refractivity contribution is 0.143. The van der Waals surface area contributed by atoms with E-state index in [1.807, 2.05) is 0 Å². The number of nitrogens with one attached hydrogen (secondary N) is 1. The molecule has 0 radical (unpaired) electrons. The molecule has 0 bridgehead atoms. The van der Waals surface area contributed by atoms with Gasteiger partial charge < -0.3 is 10.1 Å². The number of carbonyl (C=O) groups excluding carboxylic acids is 1. The van der Waals surface area contributed by atoms with E-state index in [0.29, 0.717) is 6.61 Å². The van der Waals surface area contributed by atoms with Crippen molar-refractivity contribution in [3.05, 3.63) is 0 Å². The number of alkyl carbamates (subject to hydrolysis) is 1. The zero-order valence-electron chi connectivity index (χ0n) is 10.9. The molecule has 1 N–H and O–H groups in total. The van der Waals surface area contributed by atoms with Gasteiger partial charge in [-0.3, -0.25) is 0 Å². The van der Waals surface area contributed by atoms with Crippen molar-refractivity contribution in [3.63, 3.8) is 0 Å². The Balaban J connectivity index is 3.11. The summed E-state index contributed by atoms with van der Waals surface area (Å²) in [5.41, 5.74) is 0. The predicted molar refractivity (Wildman–Crippen MR) is 67.6 cm³/mol. The van der Waals surface area contributed by atoms with E-state index in [9.17, 15) is 4.79 Å². The molecule has 0 saturated carbocycles. The second-order valence-corrected chi connectivity index (χ2v) is 4.18. The fourth-order valence-electron chi connectivity index (χ4n) is 1.49. The van der Waals surface area contributed by atoms with Crippen LogP contribution in [0.2, 0.25) is 0 Å². The normalized spacial score (nSPS) is 10.1. The lowest BCUT2D eigenvalue weighted by Crippen LogP contribution is -2.25. The second kappa shape index (κ2) is 12.3. The van der Waals surface area contributed by atoms with Crippen molar-refractivity contribution < 1.29 is 9.53 Å². The zero-order chi connectivity index (χ0) is 12.1. The largest absolute Gasteiger partial charge is 0.450 e. The maximum Gasteiger partial charge on any atom is 0.407 e. The molecular weight excluding hydrogens is 202 g/mol. The summed E-state index contributed by atoms with van der Waals surface area (Å²) in [6.45, 7) is 5.64. The first-order valence-corrected chi connectivity index (χ1v) is 6.71. The van der Waals surface area contributed by atoms with Gasteiger partial charge in [0.15, 0.2) is 0 Å². The standard InChI is InChI=1S/C13H27NO2/c1-3-5-7-8-10-12-16-13(15)14-11-9-6-4-2/h3-12H2,1-2H3,(H,14,15). The first-order valence-electron chi connectivity index (χ1n) is 6.71. The number of carbonyl (C=O) groups is 1. The molecule has 0 spiro atoms. The molecule has 0 unspecified atom stereocenters. The highest BCUT2D eigenvalue weighted by atomic mass is 16.5. The molecule has 0 aromatic heterocycles. The van der Waals surface area contributed by atoms with E-state index in [0.717, 1.165) is 32.2 Å². The van der Waals surface area contributed by atoms with Crippen LogP contribution in [0.3, 0.4) is 0 Å². The van der Waals surface area contributed by atoms with E-state index in [4.69, 9.17) is 4.74 Å². The summed E-state index contributed by atoms with van der Waals surface area (Å²) in [5.74, 6) is 0. The van der Waals surface area contributed by atoms with Crippen LogP contribution in [-0.4, -0.2) is 19.2 Å². The SMILES string of the molecule is CCCCCCCOC(=O)NCCCCC. The van der Waals surface area contributed by atoms with Crippen LogP contribution >= 0.6 is 0 Å². The molecule has 0 aliphatic carbocycles. The van der Waals surface area contributed by atoms with Gasteiger partial charge >= 0.3 is 6.09 Å². The molecule has 16 heavy (non-hydrogen) atoms. The molecule has 0 aromatic carbocycles. The number of unbranched alkanes of at least 4 members (excludes halogenated alkanes) is 6. The molecule has 3 nitrogen and oxygen atoms in total. The highest BCUT2D eigenvalue weighted by Crippen LogP contribution is 2.02. The smallest absolute Gasteiger partial charge is 0.407 e. The Morgan fingerprint density at radius 3 is 2.25 bits per heavy atom. The van der Waals surface area contributed by atoms with Crippen molar-refractivity contribution in [2.24, 2.45) is 0 Å². The third-order valence-electron chi connectivity index (χ3n) is 2.53. The van der Waals surface area contributed by atoms with Crippen molar-refractivity contribution in [1.82, 2.24) is 5.32 Å². The van der Waals surface area contributed by atoms with Crippen LogP contribution < -0.4 is 5.32 Å². The molecule has 0 aliphatic heterocycles. The van der Waals surface area contributed by atoms with Crippen LogP contribution in [0.5, 0.6) is 0 Å². The Bertz CT molecular complexity index is 160. The van der Waals surface area contributed by atoms with Crippen LogP contribution in [0, 0.1) is 0 Å². The summed E-state index contributed by atoms with van der Waals surface area (Å²) in [7, 11) is 0. The Morgan fingerprint density at radius 2 is 1.56 bits per heavy atom. The Morgan fingerprint density at radius 1 is 0.938 bits per heavy atom. The fraction of sp³-hybridized carbons (Fsp3) is 0.923. The molecule has 1 amide bonds. The summed E-state index contributed by atoms with van der Waals surface area (Å²) < 4.78 is 5.05. The molecule has 0 saturated heterocycles. The molecule has 0 heterocycles. The zero-order valence-corrected chi connectivity index (χ0v) is 10.9. The monoisotopic (exact) mass is 229 g/mol. The second-order valence-electron chi connectivity index (χ2n) is 4.18. The third kappa shape index (κ3) is 11.3. The van der Waals surface area contributed by atoms with E-state index >= 15 is 0 Å². The molecule has 0 aromatic rings. The fourth-order valence-corrected chi connectivity index (χ4v) is 1.49. The minimum atomic E-state index is -0.258. The van der Waals surface area contributed by atoms with Gasteiger partial charge in [-0.25, -0.2) is 4.79 Å². The van der Waals surface area contributed by atoms with Crippen molar-refractivity contribution >= 4 is 6.09 Å². The van der Waals surface area contributed by atoms with E-state index < -0.39 is 0 Å². The first-order chi connectivity index (χ1) is 7.81. The van der Waals surface area contributed by atoms with E-state index in [1.165, 1.54) is 25.7 Å². The van der Waals surface area contributed by atoms with Gasteiger partial charge in [0.05, 0.1) is 6.61 Å². The summed E-state index contributed by atoms with van der Waals surface area (Å²) in [6, 6.07) is 0. The van der Waals surface area contributed by atoms with Gasteiger partial charge in [0.1, 0.15) is 0 Å². The molecule has 96 valence electrons. The van der Waals surface area contributed by atoms with Gasteiger partial charge in [0.25, 0.3) is 0 Å². The highest BCUT2D eigenvalue weighted by Gasteiger charge is 1.99. The minimum Gasteiger partial charge on any atom is -0.450 e. The molecule has 0 atom stereocenters. The predicted octanol–water partition coefficient (Wildman–Crippen LogP) is 3.87. The van der Waals surface area contributed by atoms with Crippen molar-refractivity contribution in [3.8, 4) is 0 Å². The minimum absolute atomic E-state index is 0.258. The highest BCUT2D eigenvalue weighted by molar-refractivity contribution is 5.66. The Labute approximate surface area is 99.9 Å². The Hall–Kier alpha value is -0.730. The number of rotatable bonds is 10. The third-order valence-corrected chi connectivity index (χ3v) is 2.53. The van der Waals surface area contributed by atoms with Crippen LogP contribution in [0.4, 0.5) is 4.79 Å². The molecule has 0 aliphatic rings. The van der Waals surface area contributed by atoms with E-state index in [2.05, 4.69) is 19.2 Å². The van der Waals surface area contributed by atoms with Gasteiger partial charge in [0.2, 0.25) is 0 Å². The van der Waals surface area contributed by atoms with Gasteiger partial charge in [-0.2, -0.15) is 0 Å². The summed E-state index contributed by atoms with van der Waals surface area (Å²) in [5, 5.41) is 2.76.